The van der Waals surface area contributed by atoms with Gasteiger partial charge in [-0.1, -0.05) is 19.1 Å². The molecule has 0 radical (unpaired) electrons. The molecule has 1 aromatic carbocycles. The van der Waals surface area contributed by atoms with Crippen LogP contribution in [0.25, 0.3) is 0 Å². The molecule has 4 heteroatoms. The first kappa shape index (κ1) is 14.6. The molecule has 2 rings (SSSR count). The van der Waals surface area contributed by atoms with Gasteiger partial charge in [-0.2, -0.15) is 16.6 Å². The van der Waals surface area contributed by atoms with Crippen molar-refractivity contribution < 1.29 is 0 Å². The molecule has 0 amide bonds. The number of nitrogens with two attached hydrogens (primary N) is 1. The number of para-hydroxylation sites is 1. The third-order valence-electron chi connectivity index (χ3n) is 3.58. The monoisotopic (exact) mass is 285 g/mol. The summed E-state index contributed by atoms with van der Waals surface area (Å²) in [5.41, 5.74) is 9.13. The summed E-state index contributed by atoms with van der Waals surface area (Å²) < 4.78 is 0. The molecular weight excluding hydrogens is 266 g/mol. The molecular formula is C16H19N3S. The number of hydrogen-bond acceptors (Lipinski definition) is 4. The summed E-state index contributed by atoms with van der Waals surface area (Å²) in [5, 5.41) is 13.5. The highest BCUT2D eigenvalue weighted by molar-refractivity contribution is 7.08. The van der Waals surface area contributed by atoms with Crippen LogP contribution in [0.3, 0.4) is 0 Å². The van der Waals surface area contributed by atoms with Crippen molar-refractivity contribution in [2.24, 2.45) is 5.73 Å². The second-order valence-corrected chi connectivity index (χ2v) is 5.59. The van der Waals surface area contributed by atoms with Gasteiger partial charge in [-0.3, -0.25) is 0 Å². The first-order valence-corrected chi connectivity index (χ1v) is 7.63. The van der Waals surface area contributed by atoms with E-state index in [-0.39, 0.29) is 12.1 Å². The average molecular weight is 285 g/mol. The summed E-state index contributed by atoms with van der Waals surface area (Å²) in [6.07, 6.45) is 0.888. The van der Waals surface area contributed by atoms with Gasteiger partial charge in [0.05, 0.1) is 17.3 Å². The van der Waals surface area contributed by atoms with Crippen LogP contribution in [0.1, 0.15) is 30.5 Å². The number of benzene rings is 1. The van der Waals surface area contributed by atoms with E-state index in [4.69, 9.17) is 5.73 Å². The molecule has 0 aliphatic carbocycles. The summed E-state index contributed by atoms with van der Waals surface area (Å²) in [4.78, 5) is 2.12. The van der Waals surface area contributed by atoms with Crippen molar-refractivity contribution >= 4 is 17.0 Å². The van der Waals surface area contributed by atoms with E-state index in [0.717, 1.165) is 12.1 Å². The van der Waals surface area contributed by atoms with Crippen LogP contribution in [0, 0.1) is 11.3 Å². The Labute approximate surface area is 124 Å². The predicted octanol–water partition coefficient (Wildman–Crippen LogP) is 3.53. The van der Waals surface area contributed by atoms with Crippen molar-refractivity contribution in [1.29, 1.82) is 5.26 Å². The zero-order valence-corrected chi connectivity index (χ0v) is 12.6. The molecule has 0 aliphatic rings. The Balaban J connectivity index is 2.41. The average Bonchev–Trinajstić information content (AvgIpc) is 3.00. The number of nitrogens with zero attached hydrogens (tertiary/aromatic N) is 2. The predicted molar refractivity (Wildman–Crippen MR) is 84.9 cm³/mol. The highest BCUT2D eigenvalue weighted by Crippen LogP contribution is 2.31. The summed E-state index contributed by atoms with van der Waals surface area (Å²) in [7, 11) is 2.01. The Morgan fingerprint density at radius 2 is 2.10 bits per heavy atom. The molecule has 104 valence electrons. The van der Waals surface area contributed by atoms with Crippen LogP contribution in [0.2, 0.25) is 0 Å². The quantitative estimate of drug-likeness (QED) is 0.914. The molecule has 2 unspecified atom stereocenters. The number of likely N-dealkylation sites (N-methyl/N-ethyl adjacent to an activating group) is 1. The van der Waals surface area contributed by atoms with Crippen molar-refractivity contribution in [2.45, 2.75) is 25.4 Å². The number of thiophene rings is 1. The van der Waals surface area contributed by atoms with Crippen LogP contribution in [0.4, 0.5) is 5.69 Å². The van der Waals surface area contributed by atoms with Crippen LogP contribution in [0.5, 0.6) is 0 Å². The van der Waals surface area contributed by atoms with Gasteiger partial charge in [0, 0.05) is 13.1 Å². The lowest BCUT2D eigenvalue weighted by Gasteiger charge is -2.34. The lowest BCUT2D eigenvalue weighted by Crippen LogP contribution is -2.39. The van der Waals surface area contributed by atoms with Gasteiger partial charge < -0.3 is 10.6 Å². The molecule has 2 N–H and O–H groups in total. The van der Waals surface area contributed by atoms with Gasteiger partial charge in [0.25, 0.3) is 0 Å². The topological polar surface area (TPSA) is 53.0 Å². The number of rotatable bonds is 5. The molecule has 2 atom stereocenters. The fourth-order valence-electron chi connectivity index (χ4n) is 2.45. The molecule has 0 bridgehead atoms. The minimum Gasteiger partial charge on any atom is -0.365 e. The molecule has 0 spiro atoms. The van der Waals surface area contributed by atoms with Crippen molar-refractivity contribution in [1.82, 2.24) is 0 Å². The van der Waals surface area contributed by atoms with Gasteiger partial charge in [-0.05, 0) is 40.9 Å². The maximum Gasteiger partial charge on any atom is 0.101 e. The summed E-state index contributed by atoms with van der Waals surface area (Å²) in [6, 6.07) is 12.1. The largest absolute Gasteiger partial charge is 0.365 e. The van der Waals surface area contributed by atoms with E-state index in [1.165, 1.54) is 5.56 Å². The molecule has 2 aromatic rings. The molecule has 3 nitrogen and oxygen atoms in total. The first-order chi connectivity index (χ1) is 9.69. The standard InChI is InChI=1S/C16H19N3S/c1-3-14(18)16(13-8-9-20-11-13)19(2)15-7-5-4-6-12(15)10-17/h4-9,11,14,16H,3,18H2,1-2H3. The molecule has 0 fully saturated rings. The van der Waals surface area contributed by atoms with E-state index in [2.05, 4.69) is 34.7 Å². The highest BCUT2D eigenvalue weighted by Gasteiger charge is 2.25. The van der Waals surface area contributed by atoms with E-state index < -0.39 is 0 Å². The summed E-state index contributed by atoms with van der Waals surface area (Å²) in [5.74, 6) is 0. The maximum absolute atomic E-state index is 9.27. The SMILES string of the molecule is CCC(N)C(c1ccsc1)N(C)c1ccccc1C#N. The number of nitriles is 1. The second kappa shape index (κ2) is 6.56. The number of hydrogen-bond donors (Lipinski definition) is 1. The molecule has 0 saturated carbocycles. The van der Waals surface area contributed by atoms with Crippen molar-refractivity contribution in [3.05, 3.63) is 52.2 Å². The Bertz CT molecular complexity index is 586. The lowest BCUT2D eigenvalue weighted by atomic mass is 9.98. The van der Waals surface area contributed by atoms with Gasteiger partial charge in [-0.15, -0.1) is 0 Å². The third kappa shape index (κ3) is 2.84. The minimum atomic E-state index is 0.0290. The van der Waals surface area contributed by atoms with Crippen LogP contribution in [0.15, 0.2) is 41.1 Å². The maximum atomic E-state index is 9.27. The molecule has 20 heavy (non-hydrogen) atoms. The van der Waals surface area contributed by atoms with Gasteiger partial charge in [0.1, 0.15) is 6.07 Å². The van der Waals surface area contributed by atoms with Gasteiger partial charge in [-0.25, -0.2) is 0 Å². The van der Waals surface area contributed by atoms with Gasteiger partial charge in [0.2, 0.25) is 0 Å². The lowest BCUT2D eigenvalue weighted by molar-refractivity contribution is 0.511. The zero-order chi connectivity index (χ0) is 14.5. The van der Waals surface area contributed by atoms with Crippen molar-refractivity contribution in [2.75, 3.05) is 11.9 Å². The van der Waals surface area contributed by atoms with E-state index in [1.54, 1.807) is 11.3 Å². The summed E-state index contributed by atoms with van der Waals surface area (Å²) in [6.45, 7) is 2.09. The highest BCUT2D eigenvalue weighted by atomic mass is 32.1. The third-order valence-corrected chi connectivity index (χ3v) is 4.28. The molecule has 1 heterocycles. The van der Waals surface area contributed by atoms with E-state index in [1.807, 2.05) is 31.3 Å². The number of anilines is 1. The Morgan fingerprint density at radius 1 is 1.35 bits per heavy atom. The summed E-state index contributed by atoms with van der Waals surface area (Å²) >= 11 is 1.67. The smallest absolute Gasteiger partial charge is 0.101 e. The van der Waals surface area contributed by atoms with Crippen LogP contribution in [-0.4, -0.2) is 13.1 Å². The van der Waals surface area contributed by atoms with E-state index in [9.17, 15) is 5.26 Å². The van der Waals surface area contributed by atoms with Crippen molar-refractivity contribution in [3.63, 3.8) is 0 Å². The zero-order valence-electron chi connectivity index (χ0n) is 11.8. The van der Waals surface area contributed by atoms with Crippen LogP contribution < -0.4 is 10.6 Å². The fraction of sp³-hybridized carbons (Fsp3) is 0.312. The molecule has 0 saturated heterocycles. The first-order valence-electron chi connectivity index (χ1n) is 6.68. The Morgan fingerprint density at radius 3 is 2.70 bits per heavy atom. The second-order valence-electron chi connectivity index (χ2n) is 4.81. The van der Waals surface area contributed by atoms with E-state index in [0.29, 0.717) is 5.56 Å². The molecule has 1 aromatic heterocycles. The van der Waals surface area contributed by atoms with E-state index >= 15 is 0 Å². The minimum absolute atomic E-state index is 0.0290. The van der Waals surface area contributed by atoms with Crippen LogP contribution >= 0.6 is 11.3 Å². The Kier molecular flexibility index (Phi) is 4.78. The molecule has 0 aliphatic heterocycles. The van der Waals surface area contributed by atoms with Gasteiger partial charge >= 0.3 is 0 Å². The van der Waals surface area contributed by atoms with Crippen LogP contribution in [-0.2, 0) is 0 Å². The van der Waals surface area contributed by atoms with Crippen molar-refractivity contribution in [3.8, 4) is 6.07 Å². The van der Waals surface area contributed by atoms with Gasteiger partial charge in [0.15, 0.2) is 0 Å². The Hall–Kier alpha value is -1.83. The normalized spacial score (nSPS) is 13.5. The fourth-order valence-corrected chi connectivity index (χ4v) is 3.14.